The number of nitrogens with zero attached hydrogens (tertiary/aromatic N) is 14. The van der Waals surface area contributed by atoms with Crippen molar-refractivity contribution in [2.45, 2.75) is 51.6 Å². The predicted molar refractivity (Wildman–Crippen MR) is 253 cm³/mol. The van der Waals surface area contributed by atoms with Crippen LogP contribution in [0.4, 0.5) is 17.5 Å². The maximum atomic E-state index is 13.6. The molecule has 8 aromatic rings. The highest BCUT2D eigenvalue weighted by atomic mass is 35.5. The fourth-order valence-corrected chi connectivity index (χ4v) is 8.68. The maximum Gasteiger partial charge on any atom is 0.282 e. The normalized spacial score (nSPS) is 15.5. The number of hydrogen-bond donors (Lipinski definition) is 1. The van der Waals surface area contributed by atoms with Crippen LogP contribution in [-0.4, -0.2) is 61.4 Å². The highest BCUT2D eigenvalue weighted by Crippen LogP contribution is 2.39. The fourth-order valence-electron chi connectivity index (χ4n) is 8.51. The Morgan fingerprint density at radius 2 is 1.08 bits per heavy atom. The number of anilines is 3. The predicted octanol–water partition coefficient (Wildman–Crippen LogP) is 6.05. The lowest BCUT2D eigenvalue weighted by Gasteiger charge is -2.28. The fraction of sp³-hybridized carbons (Fsp3) is 0.227. The zero-order valence-electron chi connectivity index (χ0n) is 34.7. The average molecular weight is 913 g/mol. The van der Waals surface area contributed by atoms with Gasteiger partial charge in [-0.15, -0.1) is 0 Å². The molecule has 2 aromatic carbocycles. The van der Waals surface area contributed by atoms with Gasteiger partial charge >= 0.3 is 0 Å². The number of para-hydroxylation sites is 2. The van der Waals surface area contributed by atoms with Crippen LogP contribution in [0.25, 0.3) is 22.4 Å². The molecular weight excluding hydrogens is 870 g/mol. The molecule has 2 aliphatic rings. The van der Waals surface area contributed by atoms with E-state index in [1.807, 2.05) is 96.4 Å². The van der Waals surface area contributed by atoms with Crippen molar-refractivity contribution in [3.63, 3.8) is 0 Å². The van der Waals surface area contributed by atoms with Gasteiger partial charge in [0.15, 0.2) is 28.4 Å². The van der Waals surface area contributed by atoms with Crippen LogP contribution in [0, 0.1) is 36.5 Å². The number of nitriles is 2. The number of nitrogens with two attached hydrogens (primary N) is 1. The first-order chi connectivity index (χ1) is 30.2. The van der Waals surface area contributed by atoms with E-state index in [0.717, 1.165) is 48.2 Å². The molecule has 8 heterocycles. The quantitative estimate of drug-likeness (QED) is 0.189. The highest BCUT2D eigenvalue weighted by Gasteiger charge is 2.36. The lowest BCUT2D eigenvalue weighted by molar-refractivity contribution is 0.600. The molecule has 0 bridgehead atoms. The van der Waals surface area contributed by atoms with Gasteiger partial charge in [0.2, 0.25) is 0 Å². The van der Waals surface area contributed by atoms with Gasteiger partial charge in [-0.2, -0.15) is 47.7 Å². The molecule has 2 saturated heterocycles. The lowest BCUT2D eigenvalue weighted by atomic mass is 10.1. The standard InChI is InChI=1S/C22H18ClN7O.C22H20N8O.2H2S/c1-14-9-11-29-18(14)22(31)30(15-6-3-2-4-7-15)21(27-29)17-8-5-10-28(17)20-16(12-24)19(23)25-13-26-20;1-14-9-11-29-18(14)22(31)30(15-6-3-2-4-7-15)21(27-29)17-8-5-10-28(17)20-16(12-23)19(24)25-13-26-20;;/h2-4,6-7,9,11,13,17H,5,8,10H2,1H3;2-4,6-7,9,11,13,17H,5,8,10H2,1H3,(H2,24,25,26);2*1H2/t2*17-;;/m00../s1. The van der Waals surface area contributed by atoms with E-state index in [9.17, 15) is 20.1 Å². The van der Waals surface area contributed by atoms with Crippen molar-refractivity contribution in [1.29, 1.82) is 10.5 Å². The third-order valence-corrected chi connectivity index (χ3v) is 11.6. The first-order valence-corrected chi connectivity index (χ1v) is 20.3. The third kappa shape index (κ3) is 7.78. The summed E-state index contributed by atoms with van der Waals surface area (Å²) in [5, 5.41) is 29.1. The Balaban J connectivity index is 0.000000186. The van der Waals surface area contributed by atoms with Crippen molar-refractivity contribution in [2.75, 3.05) is 28.6 Å². The van der Waals surface area contributed by atoms with Crippen molar-refractivity contribution in [2.24, 2.45) is 0 Å². The summed E-state index contributed by atoms with van der Waals surface area (Å²) in [6.45, 7) is 5.14. The smallest absolute Gasteiger partial charge is 0.282 e. The monoisotopic (exact) mass is 911 g/mol. The van der Waals surface area contributed by atoms with Gasteiger partial charge in [0.1, 0.15) is 52.8 Å². The molecule has 2 aliphatic heterocycles. The van der Waals surface area contributed by atoms with Crippen LogP contribution in [0.1, 0.15) is 71.7 Å². The first-order valence-electron chi connectivity index (χ1n) is 20.0. The summed E-state index contributed by atoms with van der Waals surface area (Å²) < 4.78 is 6.62. The molecule has 0 unspecified atom stereocenters. The molecule has 20 heteroatoms. The Labute approximate surface area is 385 Å². The minimum absolute atomic E-state index is 0. The Kier molecular flexibility index (Phi) is 13.1. The van der Waals surface area contributed by atoms with Crippen LogP contribution in [0.5, 0.6) is 0 Å². The molecule has 2 N–H and O–H groups in total. The van der Waals surface area contributed by atoms with Crippen LogP contribution in [-0.2, 0) is 0 Å². The number of aryl methyl sites for hydroxylation is 2. The van der Waals surface area contributed by atoms with Crippen LogP contribution in [0.2, 0.25) is 5.15 Å². The number of hydrogen-bond acceptors (Lipinski definition) is 13. The summed E-state index contributed by atoms with van der Waals surface area (Å²) in [6.07, 6.45) is 9.57. The molecule has 0 saturated carbocycles. The molecule has 0 spiro atoms. The molecule has 0 amide bonds. The molecule has 2 fully saturated rings. The van der Waals surface area contributed by atoms with Crippen LogP contribution >= 0.6 is 38.6 Å². The van der Waals surface area contributed by atoms with Gasteiger partial charge in [-0.1, -0.05) is 48.0 Å². The van der Waals surface area contributed by atoms with Crippen molar-refractivity contribution in [3.8, 4) is 23.5 Å². The Bertz CT molecular complexity index is 3000. The summed E-state index contributed by atoms with van der Waals surface area (Å²) >= 11 is 6.16. The van der Waals surface area contributed by atoms with E-state index in [0.29, 0.717) is 47.4 Å². The average Bonchev–Trinajstić information content (AvgIpc) is 4.12. The minimum Gasteiger partial charge on any atom is -0.382 e. The zero-order chi connectivity index (χ0) is 43.1. The number of halogens is 1. The number of rotatable bonds is 6. The maximum absolute atomic E-state index is 13.6. The van der Waals surface area contributed by atoms with Crippen LogP contribution < -0.4 is 26.7 Å². The van der Waals surface area contributed by atoms with Crippen LogP contribution in [0.3, 0.4) is 0 Å². The van der Waals surface area contributed by atoms with Gasteiger partial charge < -0.3 is 15.5 Å². The molecule has 324 valence electrons. The molecule has 64 heavy (non-hydrogen) atoms. The second-order valence-electron chi connectivity index (χ2n) is 15.0. The first kappa shape index (κ1) is 44.9. The molecule has 0 radical (unpaired) electrons. The Morgan fingerprint density at radius 1 is 0.641 bits per heavy atom. The Hall–Kier alpha value is -7.19. The van der Waals surface area contributed by atoms with Crippen molar-refractivity contribution >= 4 is 67.1 Å². The molecule has 17 nitrogen and oxygen atoms in total. The number of fused-ring (bicyclic) bond motifs is 2. The van der Waals surface area contributed by atoms with Crippen LogP contribution in [0.15, 0.2) is 107 Å². The number of aromatic nitrogens is 10. The van der Waals surface area contributed by atoms with E-state index in [2.05, 4.69) is 32.1 Å². The largest absolute Gasteiger partial charge is 0.382 e. The molecule has 2 atom stereocenters. The van der Waals surface area contributed by atoms with Gasteiger partial charge in [0.05, 0.1) is 23.5 Å². The van der Waals surface area contributed by atoms with Gasteiger partial charge in [-0.25, -0.2) is 29.0 Å². The van der Waals surface area contributed by atoms with Gasteiger partial charge in [0.25, 0.3) is 11.1 Å². The van der Waals surface area contributed by atoms with E-state index < -0.39 is 0 Å². The van der Waals surface area contributed by atoms with Gasteiger partial charge in [-0.05, 0) is 87.1 Å². The molecule has 0 aliphatic carbocycles. The topological polar surface area (TPSA) is 210 Å². The van der Waals surface area contributed by atoms with E-state index in [1.165, 1.54) is 12.7 Å². The summed E-state index contributed by atoms with van der Waals surface area (Å²) in [5.41, 5.74) is 10.4. The van der Waals surface area contributed by atoms with E-state index in [4.69, 9.17) is 27.5 Å². The number of nitrogen functional groups attached to an aromatic ring is 1. The Morgan fingerprint density at radius 3 is 1.53 bits per heavy atom. The van der Waals surface area contributed by atoms with E-state index in [1.54, 1.807) is 30.6 Å². The zero-order valence-corrected chi connectivity index (χ0v) is 37.4. The second kappa shape index (κ2) is 18.7. The summed E-state index contributed by atoms with van der Waals surface area (Å²) in [4.78, 5) is 47.8. The van der Waals surface area contributed by atoms with E-state index in [-0.39, 0.29) is 72.3 Å². The lowest BCUT2D eigenvalue weighted by Crippen LogP contribution is -2.33. The van der Waals surface area contributed by atoms with E-state index >= 15 is 0 Å². The molecule has 6 aromatic heterocycles. The van der Waals surface area contributed by atoms with Gasteiger partial charge in [-0.3, -0.25) is 18.7 Å². The van der Waals surface area contributed by atoms with Crippen molar-refractivity contribution in [1.82, 2.24) is 48.3 Å². The summed E-state index contributed by atoms with van der Waals surface area (Å²) in [7, 11) is 0. The van der Waals surface area contributed by atoms with Crippen molar-refractivity contribution in [3.05, 3.63) is 158 Å². The van der Waals surface area contributed by atoms with Gasteiger partial charge in [0, 0.05) is 25.5 Å². The summed E-state index contributed by atoms with van der Waals surface area (Å²) in [6, 6.07) is 26.5. The number of benzene rings is 2. The highest BCUT2D eigenvalue weighted by molar-refractivity contribution is 7.59. The SMILES string of the molecule is Cc1ccn2nc([C@@H]3CCCN3c3ncnc(Cl)c3C#N)n(-c3ccccc3)c(=O)c12.Cc1ccn2nc([C@@H]3CCCN3c3ncnc(N)c3C#N)n(-c3ccccc3)c(=O)c12.S.S. The third-order valence-electron chi connectivity index (χ3n) is 11.4. The minimum atomic E-state index is -0.252. The summed E-state index contributed by atoms with van der Waals surface area (Å²) in [5.74, 6) is 2.26. The molecule has 10 rings (SSSR count). The second-order valence-corrected chi connectivity index (χ2v) is 15.4. The molecular formula is C44H42ClN15O2S2. The van der Waals surface area contributed by atoms with Crippen molar-refractivity contribution < 1.29 is 0 Å².